The molecule has 1 heterocycles. The lowest BCUT2D eigenvalue weighted by molar-refractivity contribution is -0.112. The second-order valence-corrected chi connectivity index (χ2v) is 6.63. The van der Waals surface area contributed by atoms with Crippen LogP contribution < -0.4 is 9.64 Å². The molecule has 1 aliphatic heterocycles. The molecule has 0 fully saturated rings. The minimum atomic E-state index is -0.349. The largest absolute Gasteiger partial charge is 0.496 e. The van der Waals surface area contributed by atoms with E-state index in [-0.39, 0.29) is 11.8 Å². The van der Waals surface area contributed by atoms with Crippen LogP contribution in [0.25, 0.3) is 11.6 Å². The Labute approximate surface area is 163 Å². The predicted octanol–water partition coefficient (Wildman–Crippen LogP) is 4.73. The number of benzene rings is 3. The van der Waals surface area contributed by atoms with Crippen molar-refractivity contribution in [1.29, 1.82) is 0 Å². The van der Waals surface area contributed by atoms with E-state index in [2.05, 4.69) is 0 Å². The molecule has 0 N–H and O–H groups in total. The molecule has 4 nitrogen and oxygen atoms in total. The lowest BCUT2D eigenvalue weighted by Gasteiger charge is -2.29. The van der Waals surface area contributed by atoms with Gasteiger partial charge in [0.2, 0.25) is 0 Å². The quantitative estimate of drug-likeness (QED) is 0.495. The average molecular weight is 369 g/mol. The maximum absolute atomic E-state index is 13.4. The molecule has 0 radical (unpaired) electrons. The van der Waals surface area contributed by atoms with Gasteiger partial charge in [0.05, 0.1) is 12.8 Å². The molecule has 0 aliphatic carbocycles. The van der Waals surface area contributed by atoms with Crippen molar-refractivity contribution in [1.82, 2.24) is 0 Å². The van der Waals surface area contributed by atoms with Crippen molar-refractivity contribution in [3.63, 3.8) is 0 Å². The summed E-state index contributed by atoms with van der Waals surface area (Å²) < 4.78 is 5.42. The van der Waals surface area contributed by atoms with Crippen molar-refractivity contribution in [3.8, 4) is 5.75 Å². The van der Waals surface area contributed by atoms with E-state index in [4.69, 9.17) is 4.74 Å². The number of hydrogen-bond acceptors (Lipinski definition) is 3. The minimum absolute atomic E-state index is 0.318. The summed E-state index contributed by atoms with van der Waals surface area (Å²) in [4.78, 5) is 27.7. The Kier molecular flexibility index (Phi) is 4.53. The van der Waals surface area contributed by atoms with Crippen LogP contribution in [0, 0.1) is 6.92 Å². The Morgan fingerprint density at radius 2 is 1.43 bits per heavy atom. The maximum Gasteiger partial charge on any atom is 0.265 e. The monoisotopic (exact) mass is 369 g/mol. The predicted molar refractivity (Wildman–Crippen MR) is 110 cm³/mol. The van der Waals surface area contributed by atoms with E-state index in [1.165, 1.54) is 4.90 Å². The maximum atomic E-state index is 13.4. The fraction of sp³-hybridized carbons (Fsp3) is 0.0833. The highest BCUT2D eigenvalue weighted by molar-refractivity contribution is 6.43. The minimum Gasteiger partial charge on any atom is -0.496 e. The lowest BCUT2D eigenvalue weighted by atomic mass is 9.91. The van der Waals surface area contributed by atoms with Crippen LogP contribution in [-0.2, 0) is 4.79 Å². The number of fused-ring (bicyclic) bond motifs is 1. The van der Waals surface area contributed by atoms with Crippen LogP contribution >= 0.6 is 0 Å². The van der Waals surface area contributed by atoms with E-state index >= 15 is 0 Å². The summed E-state index contributed by atoms with van der Waals surface area (Å²) in [6.45, 7) is 1.96. The average Bonchev–Trinajstić information content (AvgIpc) is 2.73. The molecule has 4 heteroatoms. The summed E-state index contributed by atoms with van der Waals surface area (Å²) >= 11 is 0. The first-order valence-electron chi connectivity index (χ1n) is 8.99. The van der Waals surface area contributed by atoms with Gasteiger partial charge in [-0.25, -0.2) is 4.90 Å². The zero-order valence-electron chi connectivity index (χ0n) is 15.7. The van der Waals surface area contributed by atoms with Gasteiger partial charge in [0.25, 0.3) is 11.8 Å². The molecular weight excluding hydrogens is 350 g/mol. The van der Waals surface area contributed by atoms with E-state index in [9.17, 15) is 9.59 Å². The highest BCUT2D eigenvalue weighted by Crippen LogP contribution is 2.34. The van der Waals surface area contributed by atoms with E-state index < -0.39 is 0 Å². The highest BCUT2D eigenvalue weighted by Gasteiger charge is 2.35. The molecule has 3 aromatic carbocycles. The third-order valence-electron chi connectivity index (χ3n) is 4.82. The molecule has 0 unspecified atom stereocenters. The summed E-state index contributed by atoms with van der Waals surface area (Å²) in [5.74, 6) is -0.000782. The summed E-state index contributed by atoms with van der Waals surface area (Å²) in [5, 5.41) is 0. The fourth-order valence-electron chi connectivity index (χ4n) is 3.36. The summed E-state index contributed by atoms with van der Waals surface area (Å²) in [6, 6.07) is 22.0. The zero-order valence-corrected chi connectivity index (χ0v) is 15.7. The van der Waals surface area contributed by atoms with Gasteiger partial charge in [0.1, 0.15) is 5.75 Å². The number of carbonyl (C=O) groups is 2. The number of methoxy groups -OCH3 is 1. The van der Waals surface area contributed by atoms with Crippen LogP contribution in [0.5, 0.6) is 5.75 Å². The van der Waals surface area contributed by atoms with Gasteiger partial charge >= 0.3 is 0 Å². The molecule has 0 spiro atoms. The Hall–Kier alpha value is -3.66. The van der Waals surface area contributed by atoms with Gasteiger partial charge in [-0.2, -0.15) is 0 Å². The number of anilines is 1. The summed E-state index contributed by atoms with van der Waals surface area (Å²) in [5.41, 5.74) is 3.99. The van der Waals surface area contributed by atoms with E-state index in [1.54, 1.807) is 43.5 Å². The molecule has 0 bridgehead atoms. The molecule has 28 heavy (non-hydrogen) atoms. The van der Waals surface area contributed by atoms with Crippen molar-refractivity contribution < 1.29 is 14.3 Å². The standard InChI is InChI=1S/C24H19NO3/c1-16-11-13-18(14-12-16)25-23(26)20-9-5-4-8-19(20)21(24(25)27)15-17-7-3-6-10-22(17)28-2/h3-15H,1-2H3/b21-15+. The van der Waals surface area contributed by atoms with Crippen molar-refractivity contribution in [2.45, 2.75) is 6.92 Å². The number of imide groups is 1. The van der Waals surface area contributed by atoms with Crippen LogP contribution in [0.4, 0.5) is 5.69 Å². The molecule has 138 valence electrons. The van der Waals surface area contributed by atoms with Crippen molar-refractivity contribution >= 4 is 29.2 Å². The number of hydrogen-bond donors (Lipinski definition) is 0. The molecule has 4 rings (SSSR count). The third kappa shape index (κ3) is 2.99. The molecule has 0 atom stereocenters. The molecule has 3 aromatic rings. The number of rotatable bonds is 3. The van der Waals surface area contributed by atoms with Crippen LogP contribution in [0.1, 0.15) is 27.0 Å². The van der Waals surface area contributed by atoms with Crippen LogP contribution in [0.3, 0.4) is 0 Å². The molecule has 0 saturated heterocycles. The fourth-order valence-corrected chi connectivity index (χ4v) is 3.36. The molecule has 1 aliphatic rings. The Morgan fingerprint density at radius 1 is 0.786 bits per heavy atom. The second kappa shape index (κ2) is 7.16. The molecular formula is C24H19NO3. The zero-order chi connectivity index (χ0) is 19.7. The lowest BCUT2D eigenvalue weighted by Crippen LogP contribution is -2.41. The second-order valence-electron chi connectivity index (χ2n) is 6.63. The number of ether oxygens (including phenoxy) is 1. The van der Waals surface area contributed by atoms with Gasteiger partial charge in [0.15, 0.2) is 0 Å². The van der Waals surface area contributed by atoms with Gasteiger partial charge in [0, 0.05) is 16.7 Å². The van der Waals surface area contributed by atoms with E-state index in [0.717, 1.165) is 11.1 Å². The van der Waals surface area contributed by atoms with Crippen LogP contribution in [-0.4, -0.2) is 18.9 Å². The third-order valence-corrected chi connectivity index (χ3v) is 4.82. The number of carbonyl (C=O) groups excluding carboxylic acids is 2. The Morgan fingerprint density at radius 3 is 2.14 bits per heavy atom. The summed E-state index contributed by atoms with van der Waals surface area (Å²) in [7, 11) is 1.59. The van der Waals surface area contributed by atoms with Gasteiger partial charge in [-0.15, -0.1) is 0 Å². The topological polar surface area (TPSA) is 46.6 Å². The number of aryl methyl sites for hydroxylation is 1. The van der Waals surface area contributed by atoms with Crippen LogP contribution in [0.15, 0.2) is 72.8 Å². The van der Waals surface area contributed by atoms with Gasteiger partial charge in [-0.3, -0.25) is 9.59 Å². The van der Waals surface area contributed by atoms with E-state index in [1.807, 2.05) is 49.4 Å². The van der Waals surface area contributed by atoms with Gasteiger partial charge < -0.3 is 4.74 Å². The number of nitrogens with zero attached hydrogens (tertiary/aromatic N) is 1. The number of amides is 2. The molecule has 2 amide bonds. The van der Waals surface area contributed by atoms with Gasteiger partial charge in [-0.05, 0) is 42.8 Å². The van der Waals surface area contributed by atoms with Crippen LogP contribution in [0.2, 0.25) is 0 Å². The van der Waals surface area contributed by atoms with Crippen molar-refractivity contribution in [3.05, 3.63) is 95.1 Å². The Bertz CT molecular complexity index is 1100. The molecule has 0 saturated carbocycles. The normalized spacial score (nSPS) is 14.9. The van der Waals surface area contributed by atoms with Gasteiger partial charge in [-0.1, -0.05) is 54.1 Å². The van der Waals surface area contributed by atoms with E-state index in [0.29, 0.717) is 28.1 Å². The molecule has 0 aromatic heterocycles. The summed E-state index contributed by atoms with van der Waals surface area (Å²) in [6.07, 6.45) is 1.79. The first-order chi connectivity index (χ1) is 13.6. The highest BCUT2D eigenvalue weighted by atomic mass is 16.5. The smallest absolute Gasteiger partial charge is 0.265 e. The first-order valence-corrected chi connectivity index (χ1v) is 8.99. The van der Waals surface area contributed by atoms with Crippen molar-refractivity contribution in [2.24, 2.45) is 0 Å². The van der Waals surface area contributed by atoms with Crippen molar-refractivity contribution in [2.75, 3.05) is 12.0 Å². The Balaban J connectivity index is 1.91. The first kappa shape index (κ1) is 17.7. The number of para-hydroxylation sites is 1. The SMILES string of the molecule is COc1ccccc1/C=C1/C(=O)N(c2ccc(C)cc2)C(=O)c2ccccc21.